The third-order valence-corrected chi connectivity index (χ3v) is 4.00. The van der Waals surface area contributed by atoms with E-state index in [1.54, 1.807) is 0 Å². The van der Waals surface area contributed by atoms with Gasteiger partial charge in [-0.15, -0.1) is 6.42 Å². The number of allylic oxidation sites excluding steroid dienone is 4. The third kappa shape index (κ3) is 4.32. The van der Waals surface area contributed by atoms with Crippen LogP contribution in [0.2, 0.25) is 0 Å². The summed E-state index contributed by atoms with van der Waals surface area (Å²) < 4.78 is 0. The summed E-state index contributed by atoms with van der Waals surface area (Å²) in [5.74, 6) is 3.20. The molecule has 1 aromatic carbocycles. The Kier molecular flexibility index (Phi) is 5.80. The number of rotatable bonds is 7. The fourth-order valence-corrected chi connectivity index (χ4v) is 2.74. The molecule has 110 valence electrons. The van der Waals surface area contributed by atoms with Crippen molar-refractivity contribution in [3.05, 3.63) is 60.2 Å². The molecule has 0 fully saturated rings. The largest absolute Gasteiger partial charge is 0.395 e. The molecule has 0 saturated carbocycles. The van der Waals surface area contributed by atoms with Crippen LogP contribution in [0.1, 0.15) is 18.9 Å². The molecule has 0 amide bonds. The maximum absolute atomic E-state index is 9.82. The van der Waals surface area contributed by atoms with Crippen LogP contribution in [0, 0.1) is 18.3 Å². The lowest BCUT2D eigenvalue weighted by Gasteiger charge is -2.34. The van der Waals surface area contributed by atoms with E-state index in [9.17, 15) is 5.11 Å². The van der Waals surface area contributed by atoms with Gasteiger partial charge in [0.25, 0.3) is 0 Å². The summed E-state index contributed by atoms with van der Waals surface area (Å²) in [5.41, 5.74) is 1.22. The molecule has 2 atom stereocenters. The smallest absolute Gasteiger partial charge is 0.0689 e. The quantitative estimate of drug-likeness (QED) is 0.777. The lowest BCUT2D eigenvalue weighted by molar-refractivity contribution is 0.0910. The van der Waals surface area contributed by atoms with Gasteiger partial charge >= 0.3 is 0 Å². The van der Waals surface area contributed by atoms with Crippen molar-refractivity contribution in [1.29, 1.82) is 0 Å². The molecule has 0 heterocycles. The van der Waals surface area contributed by atoms with E-state index >= 15 is 0 Å². The van der Waals surface area contributed by atoms with Gasteiger partial charge in [0.1, 0.15) is 0 Å². The summed E-state index contributed by atoms with van der Waals surface area (Å²) in [4.78, 5) is 2.22. The molecule has 0 aromatic heterocycles. The topological polar surface area (TPSA) is 23.5 Å². The van der Waals surface area contributed by atoms with Crippen molar-refractivity contribution in [3.8, 4) is 12.3 Å². The minimum atomic E-state index is -0.00304. The Balaban J connectivity index is 2.11. The van der Waals surface area contributed by atoms with Gasteiger partial charge in [0, 0.05) is 12.6 Å². The summed E-state index contributed by atoms with van der Waals surface area (Å²) in [6.45, 7) is 2.90. The fraction of sp³-hybridized carbons (Fsp3) is 0.368. The van der Waals surface area contributed by atoms with E-state index in [-0.39, 0.29) is 18.7 Å². The van der Waals surface area contributed by atoms with E-state index in [1.807, 2.05) is 25.1 Å². The highest BCUT2D eigenvalue weighted by molar-refractivity contribution is 5.19. The van der Waals surface area contributed by atoms with Gasteiger partial charge in [-0.2, -0.15) is 0 Å². The summed E-state index contributed by atoms with van der Waals surface area (Å²) >= 11 is 0. The van der Waals surface area contributed by atoms with Crippen molar-refractivity contribution >= 4 is 0 Å². The number of aliphatic hydroxyl groups excluding tert-OH is 1. The third-order valence-electron chi connectivity index (χ3n) is 4.00. The van der Waals surface area contributed by atoms with Crippen LogP contribution in [0.25, 0.3) is 0 Å². The molecule has 2 rings (SSSR count). The Labute approximate surface area is 127 Å². The maximum atomic E-state index is 9.82. The lowest BCUT2D eigenvalue weighted by Crippen LogP contribution is -2.43. The molecule has 0 spiro atoms. The van der Waals surface area contributed by atoms with E-state index < -0.39 is 0 Å². The van der Waals surface area contributed by atoms with Crippen LogP contribution in [-0.2, 0) is 6.54 Å². The highest BCUT2D eigenvalue weighted by Gasteiger charge is 2.24. The van der Waals surface area contributed by atoms with Crippen LogP contribution in [0.15, 0.2) is 54.6 Å². The van der Waals surface area contributed by atoms with Gasteiger partial charge in [-0.1, -0.05) is 60.6 Å². The van der Waals surface area contributed by atoms with Crippen LogP contribution in [-0.4, -0.2) is 28.7 Å². The Hall–Kier alpha value is -1.82. The highest BCUT2D eigenvalue weighted by atomic mass is 16.3. The average molecular weight is 281 g/mol. The standard InChI is InChI=1S/C19H23NO/c1-3-16(2)20(14-18-11-5-4-6-12-18)19(15-21)13-17-9-7-8-10-17/h1,4-12,16-17,19,21H,13-15H2,2H3/t16-,19-/m1/s1. The first-order valence-electron chi connectivity index (χ1n) is 7.46. The fourth-order valence-electron chi connectivity index (χ4n) is 2.74. The average Bonchev–Trinajstić information content (AvgIpc) is 3.04. The molecule has 2 nitrogen and oxygen atoms in total. The Morgan fingerprint density at radius 1 is 1.24 bits per heavy atom. The Morgan fingerprint density at radius 2 is 1.90 bits per heavy atom. The summed E-state index contributed by atoms with van der Waals surface area (Å²) in [6.07, 6.45) is 15.0. The number of nitrogens with zero attached hydrogens (tertiary/aromatic N) is 1. The maximum Gasteiger partial charge on any atom is 0.0689 e. The van der Waals surface area contributed by atoms with Gasteiger partial charge in [-0.05, 0) is 24.8 Å². The number of hydrogen-bond acceptors (Lipinski definition) is 2. The monoisotopic (exact) mass is 281 g/mol. The zero-order valence-corrected chi connectivity index (χ0v) is 12.5. The Bertz CT molecular complexity index is 514. The van der Waals surface area contributed by atoms with Crippen LogP contribution >= 0.6 is 0 Å². The second kappa shape index (κ2) is 7.83. The minimum absolute atomic E-state index is 0.00304. The Morgan fingerprint density at radius 3 is 2.48 bits per heavy atom. The molecule has 0 aliphatic heterocycles. The second-order valence-electron chi connectivity index (χ2n) is 5.51. The molecule has 1 aromatic rings. The molecule has 1 aliphatic rings. The molecule has 0 radical (unpaired) electrons. The number of aliphatic hydroxyl groups is 1. The van der Waals surface area contributed by atoms with Crippen LogP contribution < -0.4 is 0 Å². The van der Waals surface area contributed by atoms with Crippen LogP contribution in [0.5, 0.6) is 0 Å². The van der Waals surface area contributed by atoms with Crippen molar-refractivity contribution in [2.45, 2.75) is 32.0 Å². The van der Waals surface area contributed by atoms with Crippen LogP contribution in [0.4, 0.5) is 0 Å². The number of benzene rings is 1. The van der Waals surface area contributed by atoms with Gasteiger partial charge in [0.2, 0.25) is 0 Å². The zero-order chi connectivity index (χ0) is 15.1. The zero-order valence-electron chi connectivity index (χ0n) is 12.5. The molecule has 0 bridgehead atoms. The van der Waals surface area contributed by atoms with Crippen molar-refractivity contribution < 1.29 is 5.11 Å². The van der Waals surface area contributed by atoms with E-state index in [1.165, 1.54) is 5.56 Å². The van der Waals surface area contributed by atoms with Crippen molar-refractivity contribution in [3.63, 3.8) is 0 Å². The SMILES string of the molecule is C#C[C@@H](C)N(Cc1ccccc1)[C@@H](CO)CC1C=CC=C1. The molecule has 0 saturated heterocycles. The van der Waals surface area contributed by atoms with E-state index in [0.29, 0.717) is 5.92 Å². The summed E-state index contributed by atoms with van der Waals surface area (Å²) in [7, 11) is 0. The van der Waals surface area contributed by atoms with Crippen molar-refractivity contribution in [2.24, 2.45) is 5.92 Å². The molecular weight excluding hydrogens is 258 g/mol. The van der Waals surface area contributed by atoms with Crippen molar-refractivity contribution in [2.75, 3.05) is 6.61 Å². The van der Waals surface area contributed by atoms with Gasteiger partial charge in [0.15, 0.2) is 0 Å². The first-order chi connectivity index (χ1) is 10.2. The molecule has 1 aliphatic carbocycles. The molecular formula is C19H23NO. The molecule has 21 heavy (non-hydrogen) atoms. The van der Waals surface area contributed by atoms with Crippen LogP contribution in [0.3, 0.4) is 0 Å². The van der Waals surface area contributed by atoms with E-state index in [0.717, 1.165) is 13.0 Å². The predicted octanol–water partition coefficient (Wildman–Crippen LogP) is 3.00. The van der Waals surface area contributed by atoms with Gasteiger partial charge < -0.3 is 5.11 Å². The summed E-state index contributed by atoms with van der Waals surface area (Å²) in [5, 5.41) is 9.82. The van der Waals surface area contributed by atoms with Gasteiger partial charge in [0.05, 0.1) is 12.6 Å². The van der Waals surface area contributed by atoms with E-state index in [2.05, 4.69) is 47.3 Å². The lowest BCUT2D eigenvalue weighted by atomic mass is 9.99. The van der Waals surface area contributed by atoms with Crippen molar-refractivity contribution in [1.82, 2.24) is 4.90 Å². The number of terminal acetylenes is 1. The van der Waals surface area contributed by atoms with Gasteiger partial charge in [-0.3, -0.25) is 4.90 Å². The minimum Gasteiger partial charge on any atom is -0.395 e. The molecule has 2 heteroatoms. The number of hydrogen-bond donors (Lipinski definition) is 1. The predicted molar refractivity (Wildman–Crippen MR) is 87.5 cm³/mol. The first kappa shape index (κ1) is 15.6. The normalized spacial score (nSPS) is 17.0. The molecule has 0 unspecified atom stereocenters. The second-order valence-corrected chi connectivity index (χ2v) is 5.51. The summed E-state index contributed by atoms with van der Waals surface area (Å²) in [6, 6.07) is 10.3. The van der Waals surface area contributed by atoms with E-state index in [4.69, 9.17) is 6.42 Å². The first-order valence-corrected chi connectivity index (χ1v) is 7.46. The highest BCUT2D eigenvalue weighted by Crippen LogP contribution is 2.21. The van der Waals surface area contributed by atoms with Gasteiger partial charge in [-0.25, -0.2) is 0 Å². The molecule has 1 N–H and O–H groups in total.